The Labute approximate surface area is 123 Å². The van der Waals surface area contributed by atoms with Gasteiger partial charge in [0.05, 0.1) is 13.0 Å². The van der Waals surface area contributed by atoms with Crippen molar-refractivity contribution in [1.82, 2.24) is 9.80 Å². The number of rotatable bonds is 4. The lowest BCUT2D eigenvalue weighted by atomic mass is 10.1. The van der Waals surface area contributed by atoms with Crippen molar-refractivity contribution in [1.29, 1.82) is 0 Å². The van der Waals surface area contributed by atoms with E-state index in [0.29, 0.717) is 18.7 Å². The molecule has 0 N–H and O–H groups in total. The third-order valence-corrected chi connectivity index (χ3v) is 3.70. The third-order valence-electron chi connectivity index (χ3n) is 3.70. The maximum atomic E-state index is 13.6. The molecule has 0 saturated carbocycles. The van der Waals surface area contributed by atoms with Crippen molar-refractivity contribution in [3.63, 3.8) is 0 Å². The van der Waals surface area contributed by atoms with Gasteiger partial charge in [0.1, 0.15) is 0 Å². The molecule has 21 heavy (non-hydrogen) atoms. The number of nitrogens with zero attached hydrogens (tertiary/aromatic N) is 2. The highest BCUT2D eigenvalue weighted by molar-refractivity contribution is 5.89. The van der Waals surface area contributed by atoms with Crippen LogP contribution >= 0.6 is 0 Å². The molecule has 1 saturated heterocycles. The van der Waals surface area contributed by atoms with E-state index in [0.717, 1.165) is 0 Å². The highest BCUT2D eigenvalue weighted by Gasteiger charge is 2.33. The average Bonchev–Trinajstić information content (AvgIpc) is 2.78. The number of carbonyl (C=O) groups excluding carboxylic acids is 2. The van der Waals surface area contributed by atoms with Crippen molar-refractivity contribution in [2.75, 3.05) is 27.7 Å². The Balaban J connectivity index is 2.01. The van der Waals surface area contributed by atoms with Crippen LogP contribution in [0.1, 0.15) is 12.0 Å². The fraction of sp³-hybridized carbons (Fsp3) is 0.467. The molecule has 0 radical (unpaired) electrons. The molecule has 1 unspecified atom stereocenters. The largest absolute Gasteiger partial charge is 0.494 e. The van der Waals surface area contributed by atoms with E-state index >= 15 is 0 Å². The Morgan fingerprint density at radius 2 is 2.24 bits per heavy atom. The van der Waals surface area contributed by atoms with Crippen LogP contribution in [0, 0.1) is 11.7 Å². The van der Waals surface area contributed by atoms with Gasteiger partial charge in [0, 0.05) is 33.6 Å². The van der Waals surface area contributed by atoms with E-state index < -0.39 is 5.82 Å². The summed E-state index contributed by atoms with van der Waals surface area (Å²) < 4.78 is 18.5. The summed E-state index contributed by atoms with van der Waals surface area (Å²) in [5, 5.41) is 0. The minimum absolute atomic E-state index is 0.0164. The predicted molar refractivity (Wildman–Crippen MR) is 75.2 cm³/mol. The SMILES string of the molecule is COc1ccc(CN(C)C(=O)C2CC(=O)N(C)C2)cc1F. The number of carbonyl (C=O) groups is 2. The number of hydrogen-bond acceptors (Lipinski definition) is 3. The number of halogens is 1. The lowest BCUT2D eigenvalue weighted by Gasteiger charge is -2.21. The van der Waals surface area contributed by atoms with Crippen LogP contribution in [0.5, 0.6) is 5.75 Å². The Kier molecular flexibility index (Phi) is 4.45. The topological polar surface area (TPSA) is 49.9 Å². The minimum atomic E-state index is -0.452. The van der Waals surface area contributed by atoms with E-state index in [1.807, 2.05) is 0 Å². The second-order valence-corrected chi connectivity index (χ2v) is 5.34. The van der Waals surface area contributed by atoms with E-state index in [2.05, 4.69) is 0 Å². The van der Waals surface area contributed by atoms with Crippen LogP contribution in [0.25, 0.3) is 0 Å². The zero-order valence-electron chi connectivity index (χ0n) is 12.4. The normalized spacial score (nSPS) is 18.0. The summed E-state index contributed by atoms with van der Waals surface area (Å²) in [5.41, 5.74) is 0.682. The fourth-order valence-corrected chi connectivity index (χ4v) is 2.50. The third kappa shape index (κ3) is 3.32. The molecule has 6 heteroatoms. The van der Waals surface area contributed by atoms with Gasteiger partial charge >= 0.3 is 0 Å². The van der Waals surface area contributed by atoms with Crippen LogP contribution in [0.3, 0.4) is 0 Å². The second kappa shape index (κ2) is 6.11. The standard InChI is InChI=1S/C15H19FN2O3/c1-17-9-11(7-14(17)19)15(20)18(2)8-10-4-5-13(21-3)12(16)6-10/h4-6,11H,7-9H2,1-3H3. The summed E-state index contributed by atoms with van der Waals surface area (Å²) in [4.78, 5) is 26.8. The minimum Gasteiger partial charge on any atom is -0.494 e. The molecule has 0 spiro atoms. The Morgan fingerprint density at radius 1 is 1.52 bits per heavy atom. The van der Waals surface area contributed by atoms with Gasteiger partial charge in [-0.2, -0.15) is 0 Å². The molecule has 1 aliphatic heterocycles. The molecular weight excluding hydrogens is 275 g/mol. The Morgan fingerprint density at radius 3 is 2.76 bits per heavy atom. The molecule has 0 aromatic heterocycles. The summed E-state index contributed by atoms with van der Waals surface area (Å²) in [5.74, 6) is -0.695. The van der Waals surface area contributed by atoms with Gasteiger partial charge in [0.15, 0.2) is 11.6 Å². The first-order valence-electron chi connectivity index (χ1n) is 6.73. The van der Waals surface area contributed by atoms with Gasteiger partial charge in [0.25, 0.3) is 0 Å². The first-order valence-corrected chi connectivity index (χ1v) is 6.73. The van der Waals surface area contributed by atoms with Gasteiger partial charge in [-0.25, -0.2) is 4.39 Å². The van der Waals surface area contributed by atoms with E-state index in [1.165, 1.54) is 24.1 Å². The molecule has 1 fully saturated rings. The molecule has 5 nitrogen and oxygen atoms in total. The van der Waals surface area contributed by atoms with Crippen molar-refractivity contribution < 1.29 is 18.7 Å². The zero-order valence-corrected chi connectivity index (χ0v) is 12.4. The maximum Gasteiger partial charge on any atom is 0.228 e. The Hall–Kier alpha value is -2.11. The van der Waals surface area contributed by atoms with Crippen molar-refractivity contribution in [3.8, 4) is 5.75 Å². The summed E-state index contributed by atoms with van der Waals surface area (Å²) in [7, 11) is 4.75. The molecule has 1 aromatic carbocycles. The quantitative estimate of drug-likeness (QED) is 0.840. The highest BCUT2D eigenvalue weighted by atomic mass is 19.1. The molecule has 2 rings (SSSR count). The number of likely N-dealkylation sites (tertiary alicyclic amines) is 1. The first-order chi connectivity index (χ1) is 9.92. The summed E-state index contributed by atoms with van der Waals surface area (Å²) in [6, 6.07) is 4.61. The van der Waals surface area contributed by atoms with Gasteiger partial charge in [-0.05, 0) is 17.7 Å². The van der Waals surface area contributed by atoms with Gasteiger partial charge in [-0.1, -0.05) is 6.07 Å². The average molecular weight is 294 g/mol. The monoisotopic (exact) mass is 294 g/mol. The van der Waals surface area contributed by atoms with Crippen LogP contribution in [0.2, 0.25) is 0 Å². The molecule has 0 bridgehead atoms. The summed E-state index contributed by atoms with van der Waals surface area (Å²) in [6.07, 6.45) is 0.247. The van der Waals surface area contributed by atoms with Crippen molar-refractivity contribution >= 4 is 11.8 Å². The molecule has 1 aromatic rings. The van der Waals surface area contributed by atoms with Crippen LogP contribution in [0.15, 0.2) is 18.2 Å². The summed E-state index contributed by atoms with van der Waals surface area (Å²) >= 11 is 0. The molecule has 114 valence electrons. The van der Waals surface area contributed by atoms with E-state index in [4.69, 9.17) is 4.74 Å². The van der Waals surface area contributed by atoms with E-state index in [-0.39, 0.29) is 29.9 Å². The summed E-state index contributed by atoms with van der Waals surface area (Å²) in [6.45, 7) is 0.743. The van der Waals surface area contributed by atoms with Crippen LogP contribution in [-0.2, 0) is 16.1 Å². The van der Waals surface area contributed by atoms with Gasteiger partial charge < -0.3 is 14.5 Å². The lowest BCUT2D eigenvalue weighted by molar-refractivity contribution is -0.135. The lowest BCUT2D eigenvalue weighted by Crippen LogP contribution is -2.33. The molecular formula is C15H19FN2O3. The number of benzene rings is 1. The molecule has 1 aliphatic rings. The van der Waals surface area contributed by atoms with E-state index in [1.54, 1.807) is 25.1 Å². The van der Waals surface area contributed by atoms with Crippen molar-refractivity contribution in [3.05, 3.63) is 29.6 Å². The van der Waals surface area contributed by atoms with Crippen molar-refractivity contribution in [2.45, 2.75) is 13.0 Å². The van der Waals surface area contributed by atoms with Gasteiger partial charge in [0.2, 0.25) is 11.8 Å². The molecule has 1 atom stereocenters. The smallest absolute Gasteiger partial charge is 0.228 e. The molecule has 1 heterocycles. The van der Waals surface area contributed by atoms with Crippen LogP contribution in [0.4, 0.5) is 4.39 Å². The zero-order chi connectivity index (χ0) is 15.6. The number of ether oxygens (including phenoxy) is 1. The second-order valence-electron chi connectivity index (χ2n) is 5.34. The number of amides is 2. The number of methoxy groups -OCH3 is 1. The highest BCUT2D eigenvalue weighted by Crippen LogP contribution is 2.21. The first kappa shape index (κ1) is 15.3. The van der Waals surface area contributed by atoms with Gasteiger partial charge in [-0.3, -0.25) is 9.59 Å². The fourth-order valence-electron chi connectivity index (χ4n) is 2.50. The molecule has 2 amide bonds. The Bertz CT molecular complexity index is 562. The predicted octanol–water partition coefficient (Wildman–Crippen LogP) is 1.27. The molecule has 0 aliphatic carbocycles. The number of hydrogen-bond donors (Lipinski definition) is 0. The van der Waals surface area contributed by atoms with Crippen LogP contribution < -0.4 is 4.74 Å². The van der Waals surface area contributed by atoms with E-state index in [9.17, 15) is 14.0 Å². The van der Waals surface area contributed by atoms with Crippen LogP contribution in [-0.4, -0.2) is 49.4 Å². The van der Waals surface area contributed by atoms with Crippen molar-refractivity contribution in [2.24, 2.45) is 5.92 Å². The van der Waals surface area contributed by atoms with Gasteiger partial charge in [-0.15, -0.1) is 0 Å². The maximum absolute atomic E-state index is 13.6.